The summed E-state index contributed by atoms with van der Waals surface area (Å²) >= 11 is 0. The highest BCUT2D eigenvalue weighted by atomic mass is 16.2. The molecule has 0 spiro atoms. The molecule has 25 heavy (non-hydrogen) atoms. The number of amides is 2. The largest absolute Gasteiger partial charge is 0.349 e. The SMILES string of the molecule is Cc1cc(C)cc(NC(=O)C2CC2C(=O)NC(C)c2ccccc2)c1. The zero-order chi connectivity index (χ0) is 18.0. The number of carbonyl (C=O) groups is 2. The summed E-state index contributed by atoms with van der Waals surface area (Å²) in [4.78, 5) is 24.8. The van der Waals surface area contributed by atoms with Gasteiger partial charge in [0.2, 0.25) is 11.8 Å². The number of benzene rings is 2. The number of rotatable bonds is 5. The Bertz CT molecular complexity index is 765. The Kier molecular flexibility index (Phi) is 4.88. The number of hydrogen-bond acceptors (Lipinski definition) is 2. The molecule has 130 valence electrons. The fourth-order valence-electron chi connectivity index (χ4n) is 3.20. The molecule has 1 saturated carbocycles. The molecule has 0 bridgehead atoms. The van der Waals surface area contributed by atoms with Crippen LogP contribution in [0.2, 0.25) is 0 Å². The van der Waals surface area contributed by atoms with Crippen molar-refractivity contribution < 1.29 is 9.59 Å². The van der Waals surface area contributed by atoms with E-state index in [2.05, 4.69) is 16.7 Å². The van der Waals surface area contributed by atoms with Crippen LogP contribution in [-0.2, 0) is 9.59 Å². The van der Waals surface area contributed by atoms with Gasteiger partial charge in [-0.15, -0.1) is 0 Å². The maximum Gasteiger partial charge on any atom is 0.228 e. The summed E-state index contributed by atoms with van der Waals surface area (Å²) in [6.07, 6.45) is 0.615. The Balaban J connectivity index is 1.54. The highest BCUT2D eigenvalue weighted by Gasteiger charge is 2.48. The van der Waals surface area contributed by atoms with Crippen LogP contribution in [0.4, 0.5) is 5.69 Å². The van der Waals surface area contributed by atoms with Crippen LogP contribution >= 0.6 is 0 Å². The van der Waals surface area contributed by atoms with Crippen LogP contribution in [0.3, 0.4) is 0 Å². The summed E-state index contributed by atoms with van der Waals surface area (Å²) in [7, 11) is 0. The zero-order valence-electron chi connectivity index (χ0n) is 14.9. The molecule has 1 aliphatic carbocycles. The number of carbonyl (C=O) groups excluding carboxylic acids is 2. The quantitative estimate of drug-likeness (QED) is 0.873. The van der Waals surface area contributed by atoms with Crippen LogP contribution in [0.15, 0.2) is 48.5 Å². The molecular weight excluding hydrogens is 312 g/mol. The smallest absolute Gasteiger partial charge is 0.228 e. The second-order valence-electron chi connectivity index (χ2n) is 6.96. The summed E-state index contributed by atoms with van der Waals surface area (Å²) in [5, 5.41) is 5.94. The summed E-state index contributed by atoms with van der Waals surface area (Å²) < 4.78 is 0. The van der Waals surface area contributed by atoms with Gasteiger partial charge in [0.05, 0.1) is 17.9 Å². The molecule has 2 aromatic carbocycles. The second kappa shape index (κ2) is 7.09. The van der Waals surface area contributed by atoms with E-state index in [1.54, 1.807) is 0 Å². The average molecular weight is 336 g/mol. The van der Waals surface area contributed by atoms with Crippen molar-refractivity contribution in [1.82, 2.24) is 5.32 Å². The molecule has 3 atom stereocenters. The lowest BCUT2D eigenvalue weighted by molar-refractivity contribution is -0.125. The van der Waals surface area contributed by atoms with Gasteiger partial charge in [0.1, 0.15) is 0 Å². The molecule has 4 heteroatoms. The van der Waals surface area contributed by atoms with E-state index in [1.807, 2.05) is 63.2 Å². The van der Waals surface area contributed by atoms with Crippen molar-refractivity contribution in [3.05, 3.63) is 65.2 Å². The number of hydrogen-bond donors (Lipinski definition) is 2. The van der Waals surface area contributed by atoms with E-state index in [0.717, 1.165) is 22.4 Å². The summed E-state index contributed by atoms with van der Waals surface area (Å²) in [6, 6.07) is 15.7. The highest BCUT2D eigenvalue weighted by molar-refractivity contribution is 5.99. The molecule has 3 rings (SSSR count). The first-order chi connectivity index (χ1) is 11.9. The minimum atomic E-state index is -0.233. The van der Waals surface area contributed by atoms with Gasteiger partial charge in [0.25, 0.3) is 0 Å². The molecule has 0 radical (unpaired) electrons. The lowest BCUT2D eigenvalue weighted by atomic mass is 10.1. The summed E-state index contributed by atoms with van der Waals surface area (Å²) in [5.41, 5.74) is 4.08. The van der Waals surface area contributed by atoms with Gasteiger partial charge < -0.3 is 10.6 Å². The van der Waals surface area contributed by atoms with Gasteiger partial charge in [-0.2, -0.15) is 0 Å². The van der Waals surface area contributed by atoms with E-state index >= 15 is 0 Å². The molecule has 3 unspecified atom stereocenters. The Morgan fingerprint density at radius 1 is 0.960 bits per heavy atom. The van der Waals surface area contributed by atoms with Gasteiger partial charge in [-0.3, -0.25) is 9.59 Å². The molecule has 2 amide bonds. The maximum atomic E-state index is 12.4. The van der Waals surface area contributed by atoms with Crippen molar-refractivity contribution >= 4 is 17.5 Å². The summed E-state index contributed by atoms with van der Waals surface area (Å²) in [6.45, 7) is 5.96. The molecular formula is C21H24N2O2. The van der Waals surface area contributed by atoms with Crippen molar-refractivity contribution in [3.8, 4) is 0 Å². The summed E-state index contributed by atoms with van der Waals surface area (Å²) in [5.74, 6) is -0.574. The van der Waals surface area contributed by atoms with Gasteiger partial charge >= 0.3 is 0 Å². The van der Waals surface area contributed by atoms with Gasteiger partial charge in [0, 0.05) is 5.69 Å². The molecule has 0 heterocycles. The molecule has 4 nitrogen and oxygen atoms in total. The predicted molar refractivity (Wildman–Crippen MR) is 99.1 cm³/mol. The van der Waals surface area contributed by atoms with Crippen LogP contribution in [0.5, 0.6) is 0 Å². The van der Waals surface area contributed by atoms with E-state index in [1.165, 1.54) is 0 Å². The van der Waals surface area contributed by atoms with Crippen molar-refractivity contribution in [2.75, 3.05) is 5.32 Å². The Hall–Kier alpha value is -2.62. The normalized spacial score (nSPS) is 19.8. The van der Waals surface area contributed by atoms with Crippen molar-refractivity contribution in [3.63, 3.8) is 0 Å². The Morgan fingerprint density at radius 3 is 2.20 bits per heavy atom. The lowest BCUT2D eigenvalue weighted by Crippen LogP contribution is -2.29. The first-order valence-electron chi connectivity index (χ1n) is 8.68. The molecule has 1 aliphatic rings. The molecule has 0 aromatic heterocycles. The number of aryl methyl sites for hydroxylation is 2. The molecule has 1 fully saturated rings. The number of nitrogens with one attached hydrogen (secondary N) is 2. The van der Waals surface area contributed by atoms with Crippen LogP contribution in [0.25, 0.3) is 0 Å². The topological polar surface area (TPSA) is 58.2 Å². The van der Waals surface area contributed by atoms with Crippen LogP contribution in [0, 0.1) is 25.7 Å². The van der Waals surface area contributed by atoms with Gasteiger partial charge in [0.15, 0.2) is 0 Å². The van der Waals surface area contributed by atoms with Crippen LogP contribution < -0.4 is 10.6 Å². The van der Waals surface area contributed by atoms with Crippen molar-refractivity contribution in [2.24, 2.45) is 11.8 Å². The predicted octanol–water partition coefficient (Wildman–Crippen LogP) is 3.76. The Morgan fingerprint density at radius 2 is 1.56 bits per heavy atom. The van der Waals surface area contributed by atoms with E-state index in [9.17, 15) is 9.59 Å². The lowest BCUT2D eigenvalue weighted by Gasteiger charge is -2.14. The van der Waals surface area contributed by atoms with Gasteiger partial charge in [-0.05, 0) is 56.0 Å². The first kappa shape index (κ1) is 17.2. The monoisotopic (exact) mass is 336 g/mol. The fraction of sp³-hybridized carbons (Fsp3) is 0.333. The standard InChI is InChI=1S/C21H24N2O2/c1-13-9-14(2)11-17(10-13)23-21(25)19-12-18(19)20(24)22-15(3)16-7-5-4-6-8-16/h4-11,15,18-19H,12H2,1-3H3,(H,22,24)(H,23,25). The van der Waals surface area contributed by atoms with Crippen molar-refractivity contribution in [1.29, 1.82) is 0 Å². The zero-order valence-corrected chi connectivity index (χ0v) is 14.9. The van der Waals surface area contributed by atoms with Crippen LogP contribution in [-0.4, -0.2) is 11.8 Å². The Labute approximate surface area is 148 Å². The maximum absolute atomic E-state index is 12.4. The fourth-order valence-corrected chi connectivity index (χ4v) is 3.20. The minimum absolute atomic E-state index is 0.0445. The first-order valence-corrected chi connectivity index (χ1v) is 8.68. The number of anilines is 1. The molecule has 2 aromatic rings. The van der Waals surface area contributed by atoms with Gasteiger partial charge in [-0.1, -0.05) is 36.4 Å². The van der Waals surface area contributed by atoms with Crippen LogP contribution in [0.1, 0.15) is 36.1 Å². The molecule has 2 N–H and O–H groups in total. The second-order valence-corrected chi connectivity index (χ2v) is 6.96. The average Bonchev–Trinajstić information content (AvgIpc) is 3.35. The van der Waals surface area contributed by atoms with E-state index < -0.39 is 0 Å². The third-order valence-electron chi connectivity index (χ3n) is 4.61. The van der Waals surface area contributed by atoms with E-state index in [-0.39, 0.29) is 29.7 Å². The molecule has 0 aliphatic heterocycles. The molecule has 0 saturated heterocycles. The van der Waals surface area contributed by atoms with Crippen molar-refractivity contribution in [2.45, 2.75) is 33.2 Å². The van der Waals surface area contributed by atoms with E-state index in [0.29, 0.717) is 6.42 Å². The third-order valence-corrected chi connectivity index (χ3v) is 4.61. The minimum Gasteiger partial charge on any atom is -0.349 e. The van der Waals surface area contributed by atoms with Gasteiger partial charge in [-0.25, -0.2) is 0 Å². The highest BCUT2D eigenvalue weighted by Crippen LogP contribution is 2.40. The third kappa shape index (κ3) is 4.27. The van der Waals surface area contributed by atoms with E-state index in [4.69, 9.17) is 0 Å².